The van der Waals surface area contributed by atoms with Crippen LogP contribution in [0.4, 0.5) is 8.78 Å². The van der Waals surface area contributed by atoms with E-state index in [1.807, 2.05) is 0 Å². The quantitative estimate of drug-likeness (QED) is 0.661. The first-order valence-electron chi connectivity index (χ1n) is 7.07. The van der Waals surface area contributed by atoms with Gasteiger partial charge in [-0.15, -0.1) is 0 Å². The number of hydrogen-bond donors (Lipinski definition) is 0. The fraction of sp³-hybridized carbons (Fsp3) is 0.250. The van der Waals surface area contributed by atoms with E-state index in [-0.39, 0.29) is 17.2 Å². The number of benzene rings is 2. The van der Waals surface area contributed by atoms with Crippen LogP contribution in [0.5, 0.6) is 11.5 Å². The molecule has 0 N–H and O–H groups in total. The van der Waals surface area contributed by atoms with Crippen LogP contribution in [0.15, 0.2) is 51.8 Å². The van der Waals surface area contributed by atoms with Gasteiger partial charge in [-0.05, 0) is 51.8 Å². The van der Waals surface area contributed by atoms with Gasteiger partial charge in [0.1, 0.15) is 11.5 Å². The Morgan fingerprint density at radius 3 is 2.32 bits per heavy atom. The number of ether oxygens (including phenoxy) is 2. The molecule has 0 atom stereocenters. The van der Waals surface area contributed by atoms with Crippen LogP contribution >= 0.6 is 15.9 Å². The molecule has 2 aromatic rings. The number of nitrogens with zero attached hydrogens (tertiary/aromatic N) is 1. The molecule has 25 heavy (non-hydrogen) atoms. The van der Waals surface area contributed by atoms with Crippen molar-refractivity contribution in [2.24, 2.45) is 0 Å². The van der Waals surface area contributed by atoms with Crippen LogP contribution in [0, 0.1) is 0 Å². The second kappa shape index (κ2) is 8.11. The predicted octanol–water partition coefficient (Wildman–Crippen LogP) is 3.88. The average molecular weight is 436 g/mol. The molecule has 136 valence electrons. The van der Waals surface area contributed by atoms with E-state index >= 15 is 0 Å². The Morgan fingerprint density at radius 1 is 1.16 bits per heavy atom. The Bertz CT molecular complexity index is 829. The van der Waals surface area contributed by atoms with Crippen molar-refractivity contribution in [1.29, 1.82) is 0 Å². The van der Waals surface area contributed by atoms with Crippen molar-refractivity contribution in [2.45, 2.75) is 18.1 Å². The van der Waals surface area contributed by atoms with Crippen LogP contribution in [0.25, 0.3) is 0 Å². The smallest absolute Gasteiger partial charge is 0.387 e. The van der Waals surface area contributed by atoms with Gasteiger partial charge in [0.2, 0.25) is 10.0 Å². The van der Waals surface area contributed by atoms with E-state index in [1.54, 1.807) is 6.07 Å². The van der Waals surface area contributed by atoms with Crippen LogP contribution in [0.3, 0.4) is 0 Å². The lowest BCUT2D eigenvalue weighted by atomic mass is 10.2. The molecular weight excluding hydrogens is 420 g/mol. The third-order valence-electron chi connectivity index (χ3n) is 3.39. The fourth-order valence-electron chi connectivity index (χ4n) is 2.11. The highest BCUT2D eigenvalue weighted by Crippen LogP contribution is 2.29. The molecule has 0 amide bonds. The first kappa shape index (κ1) is 19.6. The monoisotopic (exact) mass is 435 g/mol. The van der Waals surface area contributed by atoms with Crippen LogP contribution in [0.2, 0.25) is 0 Å². The van der Waals surface area contributed by atoms with E-state index in [4.69, 9.17) is 4.74 Å². The molecular formula is C16H16BrF2NO4S. The molecule has 0 radical (unpaired) electrons. The van der Waals surface area contributed by atoms with Gasteiger partial charge in [0, 0.05) is 13.6 Å². The molecule has 9 heteroatoms. The van der Waals surface area contributed by atoms with Gasteiger partial charge in [0.05, 0.1) is 16.5 Å². The second-order valence-corrected chi connectivity index (χ2v) is 7.98. The number of methoxy groups -OCH3 is 1. The SMILES string of the molecule is COc1ccc(S(=O)(=O)N(C)Cc2ccc(OC(F)F)cc2)cc1Br. The van der Waals surface area contributed by atoms with Crippen molar-refractivity contribution in [2.75, 3.05) is 14.2 Å². The first-order valence-corrected chi connectivity index (χ1v) is 9.31. The minimum atomic E-state index is -3.72. The summed E-state index contributed by atoms with van der Waals surface area (Å²) >= 11 is 3.26. The second-order valence-electron chi connectivity index (χ2n) is 5.08. The van der Waals surface area contributed by atoms with E-state index in [0.717, 1.165) is 0 Å². The molecule has 0 aliphatic carbocycles. The number of rotatable bonds is 7. The van der Waals surface area contributed by atoms with Crippen LogP contribution in [-0.4, -0.2) is 33.5 Å². The predicted molar refractivity (Wildman–Crippen MR) is 92.4 cm³/mol. The summed E-state index contributed by atoms with van der Waals surface area (Å²) in [4.78, 5) is 0.111. The summed E-state index contributed by atoms with van der Waals surface area (Å²) in [5, 5.41) is 0. The average Bonchev–Trinajstić information content (AvgIpc) is 2.56. The topological polar surface area (TPSA) is 55.8 Å². The summed E-state index contributed by atoms with van der Waals surface area (Å²) in [7, 11) is -0.788. The van der Waals surface area contributed by atoms with Gasteiger partial charge < -0.3 is 9.47 Å². The van der Waals surface area contributed by atoms with E-state index in [0.29, 0.717) is 15.8 Å². The zero-order chi connectivity index (χ0) is 18.6. The molecule has 0 aromatic heterocycles. The molecule has 0 unspecified atom stereocenters. The van der Waals surface area contributed by atoms with Gasteiger partial charge >= 0.3 is 6.61 Å². The highest BCUT2D eigenvalue weighted by Gasteiger charge is 2.22. The van der Waals surface area contributed by atoms with E-state index in [1.165, 1.54) is 54.9 Å². The van der Waals surface area contributed by atoms with Crippen molar-refractivity contribution in [3.05, 3.63) is 52.5 Å². The maximum Gasteiger partial charge on any atom is 0.387 e. The highest BCUT2D eigenvalue weighted by molar-refractivity contribution is 9.10. The third-order valence-corrected chi connectivity index (χ3v) is 5.80. The summed E-state index contributed by atoms with van der Waals surface area (Å²) in [6, 6.07) is 10.3. The molecule has 0 bridgehead atoms. The Labute approximate surface area is 153 Å². The van der Waals surface area contributed by atoms with Crippen molar-refractivity contribution in [3.63, 3.8) is 0 Å². The molecule has 0 heterocycles. The maximum atomic E-state index is 12.6. The summed E-state index contributed by atoms with van der Waals surface area (Å²) in [6.07, 6.45) is 0. The van der Waals surface area contributed by atoms with Crippen LogP contribution in [0.1, 0.15) is 5.56 Å². The van der Waals surface area contributed by atoms with Crippen molar-refractivity contribution >= 4 is 26.0 Å². The van der Waals surface area contributed by atoms with Crippen molar-refractivity contribution in [1.82, 2.24) is 4.31 Å². The van der Waals surface area contributed by atoms with Gasteiger partial charge in [-0.25, -0.2) is 8.42 Å². The number of halogens is 3. The van der Waals surface area contributed by atoms with Gasteiger partial charge in [0.25, 0.3) is 0 Å². The molecule has 0 fully saturated rings. The number of sulfonamides is 1. The summed E-state index contributed by atoms with van der Waals surface area (Å²) < 4.78 is 60.6. The lowest BCUT2D eigenvalue weighted by Gasteiger charge is -2.18. The fourth-order valence-corrected chi connectivity index (χ4v) is 3.98. The molecule has 0 aliphatic heterocycles. The van der Waals surface area contributed by atoms with E-state index in [9.17, 15) is 17.2 Å². The zero-order valence-corrected chi connectivity index (χ0v) is 15.9. The maximum absolute atomic E-state index is 12.6. The lowest BCUT2D eigenvalue weighted by molar-refractivity contribution is -0.0498. The Kier molecular flexibility index (Phi) is 6.36. The van der Waals surface area contributed by atoms with Gasteiger partial charge in [-0.1, -0.05) is 12.1 Å². The van der Waals surface area contributed by atoms with Gasteiger partial charge in [-0.2, -0.15) is 13.1 Å². The molecule has 0 saturated heterocycles. The zero-order valence-electron chi connectivity index (χ0n) is 13.4. The molecule has 2 rings (SSSR count). The summed E-state index contributed by atoms with van der Waals surface area (Å²) in [5.74, 6) is 0.541. The standard InChI is InChI=1S/C16H16BrF2NO4S/c1-20(10-11-3-5-12(6-4-11)24-16(18)19)25(21,22)13-7-8-15(23-2)14(17)9-13/h3-9,16H,10H2,1-2H3. The largest absolute Gasteiger partial charge is 0.496 e. The summed E-state index contributed by atoms with van der Waals surface area (Å²) in [5.41, 5.74) is 0.639. The highest BCUT2D eigenvalue weighted by atomic mass is 79.9. The molecule has 0 spiro atoms. The third kappa shape index (κ3) is 4.90. The van der Waals surface area contributed by atoms with Gasteiger partial charge in [0.15, 0.2) is 0 Å². The minimum absolute atomic E-state index is 0.0170. The first-order chi connectivity index (χ1) is 11.7. The lowest BCUT2D eigenvalue weighted by Crippen LogP contribution is -2.26. The van der Waals surface area contributed by atoms with E-state index in [2.05, 4.69) is 20.7 Å². The normalized spacial score (nSPS) is 11.8. The molecule has 0 saturated carbocycles. The van der Waals surface area contributed by atoms with Crippen LogP contribution in [-0.2, 0) is 16.6 Å². The molecule has 5 nitrogen and oxygen atoms in total. The van der Waals surface area contributed by atoms with Crippen LogP contribution < -0.4 is 9.47 Å². The van der Waals surface area contributed by atoms with Crippen molar-refractivity contribution in [3.8, 4) is 11.5 Å². The van der Waals surface area contributed by atoms with Crippen molar-refractivity contribution < 1.29 is 26.7 Å². The minimum Gasteiger partial charge on any atom is -0.496 e. The van der Waals surface area contributed by atoms with Gasteiger partial charge in [-0.3, -0.25) is 0 Å². The molecule has 2 aromatic carbocycles. The Hall–Kier alpha value is -1.71. The summed E-state index contributed by atoms with van der Waals surface area (Å²) in [6.45, 7) is -2.82. The molecule has 0 aliphatic rings. The Balaban J connectivity index is 2.16. The Morgan fingerprint density at radius 2 is 1.80 bits per heavy atom. The number of alkyl halides is 2. The van der Waals surface area contributed by atoms with E-state index < -0.39 is 16.6 Å². The number of hydrogen-bond acceptors (Lipinski definition) is 4.